The number of carbonyl (C=O) groups excluding carboxylic acids is 1. The molecule has 0 saturated carbocycles. The average molecular weight is 361 g/mol. The van der Waals surface area contributed by atoms with Gasteiger partial charge in [0.25, 0.3) is 0 Å². The van der Waals surface area contributed by atoms with Crippen molar-refractivity contribution in [1.29, 1.82) is 0 Å². The molecule has 6 heteroatoms. The number of rotatable bonds is 5. The number of morpholine rings is 2. The van der Waals surface area contributed by atoms with Crippen molar-refractivity contribution in [3.63, 3.8) is 0 Å². The number of nitrogens with zero attached hydrogens (tertiary/aromatic N) is 3. The third-order valence-corrected chi connectivity index (χ3v) is 4.75. The van der Waals surface area contributed by atoms with Crippen LogP contribution < -0.4 is 0 Å². The third-order valence-electron chi connectivity index (χ3n) is 4.75. The van der Waals surface area contributed by atoms with E-state index < -0.39 is 5.60 Å². The molecule has 6 nitrogen and oxygen atoms in total. The van der Waals surface area contributed by atoms with Gasteiger partial charge in [-0.3, -0.25) is 9.88 Å². The molecule has 0 spiro atoms. The van der Waals surface area contributed by atoms with Crippen LogP contribution in [0.15, 0.2) is 24.5 Å². The fourth-order valence-corrected chi connectivity index (χ4v) is 3.65. The van der Waals surface area contributed by atoms with E-state index in [2.05, 4.69) is 22.0 Å². The van der Waals surface area contributed by atoms with E-state index in [-0.39, 0.29) is 18.3 Å². The van der Waals surface area contributed by atoms with Crippen LogP contribution in [0, 0.1) is 0 Å². The van der Waals surface area contributed by atoms with Gasteiger partial charge >= 0.3 is 6.09 Å². The first kappa shape index (κ1) is 19.1. The maximum atomic E-state index is 12.3. The van der Waals surface area contributed by atoms with Crippen molar-refractivity contribution >= 4 is 6.09 Å². The highest BCUT2D eigenvalue weighted by molar-refractivity contribution is 5.68. The van der Waals surface area contributed by atoms with Gasteiger partial charge in [0.05, 0.1) is 25.3 Å². The summed E-state index contributed by atoms with van der Waals surface area (Å²) < 4.78 is 11.5. The number of unbranched alkanes of at least 4 members (excludes halogenated alkanes) is 1. The molecule has 0 aliphatic carbocycles. The summed E-state index contributed by atoms with van der Waals surface area (Å²) >= 11 is 0. The predicted molar refractivity (Wildman–Crippen MR) is 100 cm³/mol. The first-order chi connectivity index (χ1) is 12.4. The number of hydrogen-bond donors (Lipinski definition) is 0. The second-order valence-corrected chi connectivity index (χ2v) is 8.34. The molecule has 1 aromatic rings. The van der Waals surface area contributed by atoms with Crippen LogP contribution in [0.25, 0.3) is 0 Å². The highest BCUT2D eigenvalue weighted by Crippen LogP contribution is 2.21. The number of pyridine rings is 1. The van der Waals surface area contributed by atoms with Gasteiger partial charge in [-0.05, 0) is 64.3 Å². The van der Waals surface area contributed by atoms with Crippen LogP contribution in [0.5, 0.6) is 0 Å². The van der Waals surface area contributed by atoms with Gasteiger partial charge in [-0.15, -0.1) is 0 Å². The Hall–Kier alpha value is -1.66. The Kier molecular flexibility index (Phi) is 6.14. The van der Waals surface area contributed by atoms with Crippen molar-refractivity contribution in [2.75, 3.05) is 32.7 Å². The molecule has 0 radical (unpaired) electrons. The highest BCUT2D eigenvalue weighted by atomic mass is 16.6. The van der Waals surface area contributed by atoms with Gasteiger partial charge in [0.1, 0.15) is 5.60 Å². The zero-order valence-electron chi connectivity index (χ0n) is 16.2. The lowest BCUT2D eigenvalue weighted by Crippen LogP contribution is -2.61. The van der Waals surface area contributed by atoms with E-state index in [1.54, 1.807) is 0 Å². The maximum Gasteiger partial charge on any atom is 0.410 e. The molecule has 1 aromatic heterocycles. The van der Waals surface area contributed by atoms with Gasteiger partial charge in [-0.25, -0.2) is 4.79 Å². The zero-order valence-corrected chi connectivity index (χ0v) is 16.2. The minimum Gasteiger partial charge on any atom is -0.444 e. The Labute approximate surface area is 156 Å². The van der Waals surface area contributed by atoms with Crippen molar-refractivity contribution in [2.45, 2.75) is 57.8 Å². The summed E-state index contributed by atoms with van der Waals surface area (Å²) in [5.41, 5.74) is 0.901. The molecule has 2 aliphatic rings. The Morgan fingerprint density at radius 1 is 1.15 bits per heavy atom. The number of fused-ring (bicyclic) bond motifs is 2. The average Bonchev–Trinajstić information content (AvgIpc) is 2.57. The standard InChI is InChI=1S/C20H31N3O3/c1-20(2,3)26-19(24)23-14-17-12-22(13-18(15-23)25-17)11-5-4-6-16-7-9-21-10-8-16/h7-10,17-18H,4-6,11-15H2,1-3H3. The van der Waals surface area contributed by atoms with Crippen molar-refractivity contribution in [3.05, 3.63) is 30.1 Å². The van der Waals surface area contributed by atoms with E-state index in [4.69, 9.17) is 9.47 Å². The summed E-state index contributed by atoms with van der Waals surface area (Å²) in [6.07, 6.45) is 7.14. The predicted octanol–water partition coefficient (Wildman–Crippen LogP) is 2.72. The van der Waals surface area contributed by atoms with Crippen LogP contribution in [0.2, 0.25) is 0 Å². The lowest BCUT2D eigenvalue weighted by molar-refractivity contribution is -0.136. The summed E-state index contributed by atoms with van der Waals surface area (Å²) in [4.78, 5) is 20.7. The molecule has 1 amide bonds. The molecule has 3 heterocycles. The number of hydrogen-bond acceptors (Lipinski definition) is 5. The van der Waals surface area contributed by atoms with Gasteiger partial charge < -0.3 is 14.4 Å². The first-order valence-electron chi connectivity index (χ1n) is 9.64. The van der Waals surface area contributed by atoms with Crippen molar-refractivity contribution in [2.24, 2.45) is 0 Å². The third kappa shape index (κ3) is 5.68. The van der Waals surface area contributed by atoms with Crippen molar-refractivity contribution in [1.82, 2.24) is 14.8 Å². The minimum absolute atomic E-state index is 0.0928. The molecule has 2 fully saturated rings. The number of aryl methyl sites for hydroxylation is 1. The van der Waals surface area contributed by atoms with Gasteiger partial charge in [0.15, 0.2) is 0 Å². The van der Waals surface area contributed by atoms with Crippen LogP contribution in [0.4, 0.5) is 4.79 Å². The van der Waals surface area contributed by atoms with Crippen LogP contribution >= 0.6 is 0 Å². The molecule has 2 bridgehead atoms. The topological polar surface area (TPSA) is 54.9 Å². The zero-order chi connectivity index (χ0) is 18.6. The SMILES string of the molecule is CC(C)(C)OC(=O)N1CC2CN(CCCCc3ccncc3)CC(C1)O2. The smallest absolute Gasteiger partial charge is 0.410 e. The first-order valence-corrected chi connectivity index (χ1v) is 9.64. The highest BCUT2D eigenvalue weighted by Gasteiger charge is 2.37. The number of carbonyl (C=O) groups is 1. The molecular formula is C20H31N3O3. The molecule has 2 aliphatic heterocycles. The van der Waals surface area contributed by atoms with Gasteiger partial charge in [0, 0.05) is 25.5 Å². The molecule has 3 rings (SSSR count). The lowest BCUT2D eigenvalue weighted by Gasteiger charge is -2.45. The Morgan fingerprint density at radius 2 is 1.81 bits per heavy atom. The van der Waals surface area contributed by atoms with Gasteiger partial charge in [-0.1, -0.05) is 0 Å². The van der Waals surface area contributed by atoms with Crippen LogP contribution in [-0.4, -0.2) is 71.4 Å². The maximum absolute atomic E-state index is 12.3. The van der Waals surface area contributed by atoms with E-state index >= 15 is 0 Å². The Morgan fingerprint density at radius 3 is 2.42 bits per heavy atom. The molecule has 2 unspecified atom stereocenters. The normalized spacial score (nSPS) is 23.7. The fraction of sp³-hybridized carbons (Fsp3) is 0.700. The minimum atomic E-state index is -0.453. The molecule has 2 saturated heterocycles. The molecular weight excluding hydrogens is 330 g/mol. The molecule has 0 aromatic carbocycles. The number of aromatic nitrogens is 1. The van der Waals surface area contributed by atoms with E-state index in [9.17, 15) is 4.79 Å². The quantitative estimate of drug-likeness (QED) is 0.755. The molecule has 26 heavy (non-hydrogen) atoms. The fourth-order valence-electron chi connectivity index (χ4n) is 3.65. The van der Waals surface area contributed by atoms with E-state index in [0.29, 0.717) is 13.1 Å². The largest absolute Gasteiger partial charge is 0.444 e. The Bertz CT molecular complexity index is 574. The van der Waals surface area contributed by atoms with E-state index in [1.807, 2.05) is 38.1 Å². The summed E-state index contributed by atoms with van der Waals surface area (Å²) in [5, 5.41) is 0. The van der Waals surface area contributed by atoms with Crippen molar-refractivity contribution in [3.8, 4) is 0 Å². The van der Waals surface area contributed by atoms with Crippen LogP contribution in [0.1, 0.15) is 39.2 Å². The van der Waals surface area contributed by atoms with Gasteiger partial charge in [-0.2, -0.15) is 0 Å². The number of ether oxygens (including phenoxy) is 2. The Balaban J connectivity index is 1.40. The van der Waals surface area contributed by atoms with Crippen LogP contribution in [-0.2, 0) is 15.9 Å². The van der Waals surface area contributed by atoms with E-state index in [0.717, 1.165) is 26.1 Å². The van der Waals surface area contributed by atoms with E-state index in [1.165, 1.54) is 18.4 Å². The van der Waals surface area contributed by atoms with Crippen molar-refractivity contribution < 1.29 is 14.3 Å². The summed E-state index contributed by atoms with van der Waals surface area (Å²) in [5.74, 6) is 0. The molecule has 144 valence electrons. The summed E-state index contributed by atoms with van der Waals surface area (Å²) in [7, 11) is 0. The summed E-state index contributed by atoms with van der Waals surface area (Å²) in [6.45, 7) is 9.83. The van der Waals surface area contributed by atoms with Gasteiger partial charge in [0.2, 0.25) is 0 Å². The second-order valence-electron chi connectivity index (χ2n) is 8.34. The molecule has 2 atom stereocenters. The summed E-state index contributed by atoms with van der Waals surface area (Å²) in [6, 6.07) is 4.18. The number of amides is 1. The second kappa shape index (κ2) is 8.35. The monoisotopic (exact) mass is 361 g/mol. The lowest BCUT2D eigenvalue weighted by atomic mass is 10.1. The van der Waals surface area contributed by atoms with Crippen LogP contribution in [0.3, 0.4) is 0 Å². The molecule has 0 N–H and O–H groups in total.